The molecule has 0 radical (unpaired) electrons. The second-order valence-electron chi connectivity index (χ2n) is 3.40. The molecular weight excluding hydrogens is 184 g/mol. The number of hydrogen-bond donors (Lipinski definition) is 1. The van der Waals surface area contributed by atoms with Crippen LogP contribution >= 0.6 is 0 Å². The van der Waals surface area contributed by atoms with Crippen LogP contribution in [0.3, 0.4) is 0 Å². The number of piperidine rings is 1. The summed E-state index contributed by atoms with van der Waals surface area (Å²) in [6.07, 6.45) is 1.08. The lowest BCUT2D eigenvalue weighted by atomic mass is 9.93. The molecule has 0 spiro atoms. The van der Waals surface area contributed by atoms with Gasteiger partial charge in [0.25, 0.3) is 0 Å². The fourth-order valence-electron chi connectivity index (χ4n) is 1.68. The predicted octanol–water partition coefficient (Wildman–Crippen LogP) is -0.00740. The maximum absolute atomic E-state index is 11.3. The average molecular weight is 200 g/mol. The largest absolute Gasteiger partial charge is 0.453 e. The van der Waals surface area contributed by atoms with Crippen LogP contribution in [0.1, 0.15) is 12.8 Å². The Kier molecular flexibility index (Phi) is 3.88. The Hall–Kier alpha value is -1.10. The third-order valence-electron chi connectivity index (χ3n) is 2.58. The number of nitrogens with zero attached hydrogens (tertiary/aromatic N) is 1. The van der Waals surface area contributed by atoms with Crippen LogP contribution in [0, 0.1) is 5.92 Å². The summed E-state index contributed by atoms with van der Waals surface area (Å²) in [6, 6.07) is 0. The van der Waals surface area contributed by atoms with Crippen molar-refractivity contribution in [2.24, 2.45) is 11.7 Å². The molecule has 0 unspecified atom stereocenters. The van der Waals surface area contributed by atoms with Gasteiger partial charge in [-0.1, -0.05) is 0 Å². The third kappa shape index (κ3) is 2.45. The molecule has 0 aromatic carbocycles. The van der Waals surface area contributed by atoms with Crippen molar-refractivity contribution in [1.82, 2.24) is 4.90 Å². The van der Waals surface area contributed by atoms with Crippen LogP contribution in [0.15, 0.2) is 0 Å². The van der Waals surface area contributed by atoms with Gasteiger partial charge in [-0.25, -0.2) is 4.79 Å². The Morgan fingerprint density at radius 3 is 2.43 bits per heavy atom. The summed E-state index contributed by atoms with van der Waals surface area (Å²) in [4.78, 5) is 24.0. The quantitative estimate of drug-likeness (QED) is 0.680. The molecule has 5 heteroatoms. The molecule has 1 aliphatic rings. The zero-order valence-corrected chi connectivity index (χ0v) is 8.36. The van der Waals surface area contributed by atoms with E-state index in [1.165, 1.54) is 7.11 Å². The van der Waals surface area contributed by atoms with Gasteiger partial charge in [0.15, 0.2) is 0 Å². The summed E-state index contributed by atoms with van der Waals surface area (Å²) in [5, 5.41) is 0. The molecule has 1 saturated heterocycles. The first-order valence-electron chi connectivity index (χ1n) is 4.74. The first kappa shape index (κ1) is 11.0. The van der Waals surface area contributed by atoms with Crippen molar-refractivity contribution in [2.75, 3.05) is 26.7 Å². The van der Waals surface area contributed by atoms with Gasteiger partial charge in [-0.15, -0.1) is 0 Å². The normalized spacial score (nSPS) is 18.0. The second-order valence-corrected chi connectivity index (χ2v) is 3.40. The van der Waals surface area contributed by atoms with E-state index in [0.717, 1.165) is 0 Å². The number of Topliss-reactive ketones (excluding diaryl/α,β-unsaturated/α-hetero) is 1. The molecule has 5 nitrogen and oxygen atoms in total. The highest BCUT2D eigenvalue weighted by Gasteiger charge is 2.26. The lowest BCUT2D eigenvalue weighted by Crippen LogP contribution is -2.41. The number of methoxy groups -OCH3 is 1. The number of ether oxygens (including phenoxy) is 1. The number of amides is 1. The van der Waals surface area contributed by atoms with Crippen LogP contribution < -0.4 is 5.73 Å². The van der Waals surface area contributed by atoms with Crippen LogP contribution in [0.4, 0.5) is 4.79 Å². The molecule has 0 aromatic rings. The van der Waals surface area contributed by atoms with E-state index in [1.807, 2.05) is 0 Å². The fraction of sp³-hybridized carbons (Fsp3) is 0.778. The van der Waals surface area contributed by atoms with Gasteiger partial charge in [-0.2, -0.15) is 0 Å². The van der Waals surface area contributed by atoms with Crippen LogP contribution in [-0.2, 0) is 9.53 Å². The van der Waals surface area contributed by atoms with Crippen LogP contribution in [0.25, 0.3) is 0 Å². The van der Waals surface area contributed by atoms with Gasteiger partial charge >= 0.3 is 6.09 Å². The van der Waals surface area contributed by atoms with Gasteiger partial charge in [0.05, 0.1) is 13.7 Å². The van der Waals surface area contributed by atoms with Gasteiger partial charge in [0.1, 0.15) is 5.78 Å². The van der Waals surface area contributed by atoms with E-state index in [4.69, 9.17) is 5.73 Å². The van der Waals surface area contributed by atoms with Crippen molar-refractivity contribution in [2.45, 2.75) is 12.8 Å². The Morgan fingerprint density at radius 2 is 2.00 bits per heavy atom. The van der Waals surface area contributed by atoms with Crippen LogP contribution in [0.2, 0.25) is 0 Å². The zero-order valence-electron chi connectivity index (χ0n) is 8.36. The molecule has 0 saturated carbocycles. The highest BCUT2D eigenvalue weighted by atomic mass is 16.5. The van der Waals surface area contributed by atoms with Crippen molar-refractivity contribution < 1.29 is 14.3 Å². The van der Waals surface area contributed by atoms with Crippen LogP contribution in [0.5, 0.6) is 0 Å². The lowest BCUT2D eigenvalue weighted by Gasteiger charge is -2.29. The predicted molar refractivity (Wildman–Crippen MR) is 50.8 cm³/mol. The Bertz CT molecular complexity index is 198. The first-order chi connectivity index (χ1) is 6.69. The molecule has 0 aliphatic carbocycles. The summed E-state index contributed by atoms with van der Waals surface area (Å²) in [5.74, 6) is 0.121. The van der Waals surface area contributed by atoms with E-state index in [0.29, 0.717) is 25.9 Å². The number of hydrogen-bond acceptors (Lipinski definition) is 4. The van der Waals surface area contributed by atoms with E-state index in [1.54, 1.807) is 4.90 Å². The van der Waals surface area contributed by atoms with E-state index < -0.39 is 0 Å². The van der Waals surface area contributed by atoms with E-state index in [9.17, 15) is 9.59 Å². The zero-order chi connectivity index (χ0) is 10.6. The minimum atomic E-state index is -0.316. The topological polar surface area (TPSA) is 72.6 Å². The molecule has 0 bridgehead atoms. The number of ketones is 1. The van der Waals surface area contributed by atoms with Gasteiger partial charge in [-0.05, 0) is 12.8 Å². The van der Waals surface area contributed by atoms with Crippen molar-refractivity contribution >= 4 is 11.9 Å². The molecule has 14 heavy (non-hydrogen) atoms. The van der Waals surface area contributed by atoms with E-state index in [-0.39, 0.29) is 24.3 Å². The Morgan fingerprint density at radius 1 is 1.43 bits per heavy atom. The van der Waals surface area contributed by atoms with Crippen molar-refractivity contribution in [1.29, 1.82) is 0 Å². The van der Waals surface area contributed by atoms with Crippen molar-refractivity contribution in [3.05, 3.63) is 0 Å². The lowest BCUT2D eigenvalue weighted by molar-refractivity contribution is -0.122. The smallest absolute Gasteiger partial charge is 0.409 e. The molecule has 1 amide bonds. The molecule has 1 rings (SSSR count). The highest BCUT2D eigenvalue weighted by Crippen LogP contribution is 2.18. The number of carbonyl (C=O) groups excluding carboxylic acids is 2. The number of likely N-dealkylation sites (tertiary alicyclic amines) is 1. The van der Waals surface area contributed by atoms with Gasteiger partial charge in [0, 0.05) is 19.0 Å². The monoisotopic (exact) mass is 200 g/mol. The van der Waals surface area contributed by atoms with Gasteiger partial charge in [0.2, 0.25) is 0 Å². The van der Waals surface area contributed by atoms with Crippen molar-refractivity contribution in [3.8, 4) is 0 Å². The summed E-state index contributed by atoms with van der Waals surface area (Å²) in [7, 11) is 1.36. The molecular formula is C9H16N2O3. The Labute approximate surface area is 83.2 Å². The molecule has 1 heterocycles. The maximum Gasteiger partial charge on any atom is 0.409 e. The van der Waals surface area contributed by atoms with E-state index in [2.05, 4.69) is 4.74 Å². The summed E-state index contributed by atoms with van der Waals surface area (Å²) >= 11 is 0. The SMILES string of the molecule is COC(=O)N1CCC(C(=O)CN)CC1. The summed E-state index contributed by atoms with van der Waals surface area (Å²) < 4.78 is 4.59. The first-order valence-corrected chi connectivity index (χ1v) is 4.74. The number of carbonyl (C=O) groups is 2. The minimum absolute atomic E-state index is 0.0286. The maximum atomic E-state index is 11.3. The van der Waals surface area contributed by atoms with Gasteiger partial charge in [-0.3, -0.25) is 4.79 Å². The minimum Gasteiger partial charge on any atom is -0.453 e. The van der Waals surface area contributed by atoms with Crippen molar-refractivity contribution in [3.63, 3.8) is 0 Å². The van der Waals surface area contributed by atoms with E-state index >= 15 is 0 Å². The number of nitrogens with two attached hydrogens (primary N) is 1. The summed E-state index contributed by atoms with van der Waals surface area (Å²) in [6.45, 7) is 1.27. The molecule has 1 fully saturated rings. The summed E-state index contributed by atoms with van der Waals surface area (Å²) in [5.41, 5.74) is 5.27. The Balaban J connectivity index is 2.38. The standard InChI is InChI=1S/C9H16N2O3/c1-14-9(13)11-4-2-7(3-5-11)8(12)6-10/h7H,2-6,10H2,1H3. The molecule has 0 aromatic heterocycles. The number of rotatable bonds is 2. The second kappa shape index (κ2) is 4.95. The molecule has 80 valence electrons. The molecule has 1 aliphatic heterocycles. The average Bonchev–Trinajstić information content (AvgIpc) is 2.27. The molecule has 2 N–H and O–H groups in total. The molecule has 0 atom stereocenters. The third-order valence-corrected chi connectivity index (χ3v) is 2.58. The highest BCUT2D eigenvalue weighted by molar-refractivity contribution is 5.83. The van der Waals surface area contributed by atoms with Gasteiger partial charge < -0.3 is 15.4 Å². The van der Waals surface area contributed by atoms with Crippen LogP contribution in [-0.4, -0.2) is 43.5 Å². The fourth-order valence-corrected chi connectivity index (χ4v) is 1.68.